The predicted molar refractivity (Wildman–Crippen MR) is 280 cm³/mol. The molecule has 2 aliphatic carbocycles. The van der Waals surface area contributed by atoms with Crippen LogP contribution in [0.5, 0.6) is 0 Å². The molecule has 0 saturated heterocycles. The molecule has 4 heteroatoms. The lowest BCUT2D eigenvalue weighted by Crippen LogP contribution is -2.29. The van der Waals surface area contributed by atoms with E-state index < -0.39 is 10.8 Å². The molecule has 9 aromatic carbocycles. The second-order valence-electron chi connectivity index (χ2n) is 17.2. The number of allylic oxidation sites excluding steroid dienone is 3. The second kappa shape index (κ2) is 15.6. The van der Waals surface area contributed by atoms with Gasteiger partial charge in [0.2, 0.25) is 0 Å². The molecule has 0 fully saturated rings. The van der Waals surface area contributed by atoms with Gasteiger partial charge in [-0.25, -0.2) is 4.99 Å². The Kier molecular flexibility index (Phi) is 9.19. The van der Waals surface area contributed by atoms with Crippen molar-refractivity contribution < 1.29 is 0 Å². The van der Waals surface area contributed by atoms with Crippen LogP contribution in [0.3, 0.4) is 0 Å². The highest BCUT2D eigenvalue weighted by molar-refractivity contribution is 8.90. The van der Waals surface area contributed by atoms with Gasteiger partial charge in [-0.3, -0.25) is 0 Å². The van der Waals surface area contributed by atoms with E-state index in [0.29, 0.717) is 0 Å². The zero-order valence-corrected chi connectivity index (χ0v) is 37.6. The summed E-state index contributed by atoms with van der Waals surface area (Å²) in [6, 6.07) is 87.5. The van der Waals surface area contributed by atoms with Crippen LogP contribution >= 0.6 is 20.3 Å². The van der Waals surface area contributed by atoms with Gasteiger partial charge in [-0.05, 0) is 114 Å². The molecule has 0 N–H and O–H groups in total. The van der Waals surface area contributed by atoms with Crippen LogP contribution in [0.15, 0.2) is 264 Å². The molecule has 0 radical (unpaired) electrons. The van der Waals surface area contributed by atoms with E-state index in [1.165, 1.54) is 66.8 Å². The lowest BCUT2D eigenvalue weighted by Gasteiger charge is -2.36. The standard InChI is InChI=1S/C62H42N2S2/c1-6-20-43(21-7-1)60-63-59-39-36-50(42-66(59)65-60)64(48-34-37-53-51-30-16-18-32-55(51)61(57(53)40-48,44-22-8-2-9-23-44)45-24-10-3-11-25-45)49-35-38-54-52-31-17-19-33-56(52)62(58(54)41-49,46-26-12-4-13-27-46)47-28-14-5-15-29-47/h1-42H. The van der Waals surface area contributed by atoms with Gasteiger partial charge in [0.25, 0.3) is 0 Å². The highest BCUT2D eigenvalue weighted by atomic mass is 33.1. The van der Waals surface area contributed by atoms with Crippen LogP contribution in [-0.2, 0) is 10.8 Å². The minimum absolute atomic E-state index is 0.288. The summed E-state index contributed by atoms with van der Waals surface area (Å²) in [5.74, 6) is 0. The third kappa shape index (κ3) is 5.78. The molecule has 0 bridgehead atoms. The van der Waals surface area contributed by atoms with E-state index in [-0.39, 0.29) is 9.52 Å². The van der Waals surface area contributed by atoms with Crippen molar-refractivity contribution >= 4 is 42.1 Å². The Bertz CT molecular complexity index is 3220. The van der Waals surface area contributed by atoms with Gasteiger partial charge >= 0.3 is 0 Å². The number of hydrogen-bond acceptors (Lipinski definition) is 3. The molecular formula is C62H42N2S2. The molecule has 2 heterocycles. The number of benzene rings is 9. The van der Waals surface area contributed by atoms with Crippen LogP contribution in [0.25, 0.3) is 22.3 Å². The van der Waals surface area contributed by atoms with Crippen LogP contribution in [-0.4, -0.2) is 10.4 Å². The predicted octanol–water partition coefficient (Wildman–Crippen LogP) is 15.5. The lowest BCUT2D eigenvalue weighted by molar-refractivity contribution is 0.767. The Hall–Kier alpha value is -7.50. The molecule has 2 aliphatic heterocycles. The van der Waals surface area contributed by atoms with Crippen molar-refractivity contribution in [3.05, 3.63) is 310 Å². The van der Waals surface area contributed by atoms with Crippen LogP contribution in [0.2, 0.25) is 0 Å². The molecule has 4 aliphatic rings. The van der Waals surface area contributed by atoms with Gasteiger partial charge in [0.05, 0.1) is 16.5 Å². The summed E-state index contributed by atoms with van der Waals surface area (Å²) < 4.78 is 0. The molecular weight excluding hydrogens is 837 g/mol. The van der Waals surface area contributed by atoms with Crippen molar-refractivity contribution in [1.82, 2.24) is 0 Å². The van der Waals surface area contributed by atoms with E-state index in [1.54, 1.807) is 0 Å². The first-order valence-electron chi connectivity index (χ1n) is 22.6. The summed E-state index contributed by atoms with van der Waals surface area (Å²) in [7, 11) is 1.57. The van der Waals surface area contributed by atoms with Gasteiger partial charge in [-0.1, -0.05) is 222 Å². The Morgan fingerprint density at radius 1 is 0.379 bits per heavy atom. The number of aliphatic imine (C=N–C) groups is 1. The third-order valence-electron chi connectivity index (χ3n) is 13.9. The molecule has 9 aromatic rings. The normalized spacial score (nSPS) is 16.6. The number of fused-ring (bicyclic) bond motifs is 7. The maximum Gasteiger partial charge on any atom is 0.115 e. The van der Waals surface area contributed by atoms with Crippen LogP contribution < -0.4 is 4.90 Å². The average molecular weight is 879 g/mol. The average Bonchev–Trinajstić information content (AvgIpc) is 4.05. The quantitative estimate of drug-likeness (QED) is 0.112. The van der Waals surface area contributed by atoms with E-state index >= 15 is 0 Å². The number of anilines is 2. The molecule has 0 spiro atoms. The van der Waals surface area contributed by atoms with Crippen molar-refractivity contribution in [3.8, 4) is 22.3 Å². The molecule has 1 unspecified atom stereocenters. The fraction of sp³-hybridized carbons (Fsp3) is 0.0323. The summed E-state index contributed by atoms with van der Waals surface area (Å²) in [6.07, 6.45) is 4.53. The smallest absolute Gasteiger partial charge is 0.115 e. The third-order valence-corrected chi connectivity index (χ3v) is 17.5. The Morgan fingerprint density at radius 3 is 1.23 bits per heavy atom. The monoisotopic (exact) mass is 878 g/mol. The highest BCUT2D eigenvalue weighted by Crippen LogP contribution is 2.60. The molecule has 0 saturated carbocycles. The van der Waals surface area contributed by atoms with Crippen molar-refractivity contribution in [3.63, 3.8) is 0 Å². The molecule has 2 nitrogen and oxygen atoms in total. The minimum Gasteiger partial charge on any atom is -0.310 e. The first-order chi connectivity index (χ1) is 32.7. The number of nitrogens with zero attached hydrogens (tertiary/aromatic N) is 2. The van der Waals surface area contributed by atoms with Gasteiger partial charge in [-0.15, -0.1) is 0 Å². The Balaban J connectivity index is 1.06. The summed E-state index contributed by atoms with van der Waals surface area (Å²) >= 11 is 0. The van der Waals surface area contributed by atoms with Crippen molar-refractivity contribution in [2.75, 3.05) is 4.90 Å². The van der Waals surface area contributed by atoms with Gasteiger partial charge in [0.1, 0.15) is 10.1 Å². The molecule has 13 rings (SSSR count). The van der Waals surface area contributed by atoms with Gasteiger partial charge in [0, 0.05) is 22.3 Å². The van der Waals surface area contributed by atoms with Crippen LogP contribution in [0.4, 0.5) is 11.4 Å². The van der Waals surface area contributed by atoms with Crippen molar-refractivity contribution in [2.45, 2.75) is 10.8 Å². The van der Waals surface area contributed by atoms with Gasteiger partial charge in [-0.2, -0.15) is 0 Å². The minimum atomic E-state index is -0.537. The van der Waals surface area contributed by atoms with Crippen molar-refractivity contribution in [1.29, 1.82) is 0 Å². The maximum absolute atomic E-state index is 5.19. The SMILES string of the molecule is C1=C(N(c2ccc3c(c2)C(c2ccccc2)(c2ccccc2)c2ccccc2-3)c2ccc3c(c2)C(c2ccccc2)(c2ccccc2)c2ccccc2-3)C=S2SC(c3ccccc3)=NC2=C1. The molecule has 1 atom stereocenters. The zero-order valence-electron chi connectivity index (χ0n) is 36.0. The Morgan fingerprint density at radius 2 is 0.773 bits per heavy atom. The summed E-state index contributed by atoms with van der Waals surface area (Å²) in [4.78, 5) is 7.70. The topological polar surface area (TPSA) is 15.6 Å². The van der Waals surface area contributed by atoms with Crippen molar-refractivity contribution in [2.24, 2.45) is 4.99 Å². The summed E-state index contributed by atoms with van der Waals surface area (Å²) in [6.45, 7) is 0. The second-order valence-corrected chi connectivity index (χ2v) is 20.6. The molecule has 312 valence electrons. The Labute approximate surface area is 392 Å². The van der Waals surface area contributed by atoms with Crippen LogP contribution in [0.1, 0.15) is 50.1 Å². The fourth-order valence-electron chi connectivity index (χ4n) is 11.2. The largest absolute Gasteiger partial charge is 0.310 e. The van der Waals surface area contributed by atoms with E-state index in [1.807, 2.05) is 10.8 Å². The summed E-state index contributed by atoms with van der Waals surface area (Å²) in [5.41, 5.74) is 18.7. The number of rotatable bonds is 8. The van der Waals surface area contributed by atoms with Gasteiger partial charge in [0.15, 0.2) is 0 Å². The molecule has 0 aromatic heterocycles. The van der Waals surface area contributed by atoms with Gasteiger partial charge < -0.3 is 4.90 Å². The van der Waals surface area contributed by atoms with E-state index in [2.05, 4.69) is 259 Å². The fourth-order valence-corrected chi connectivity index (χ4v) is 14.7. The zero-order chi connectivity index (χ0) is 43.7. The van der Waals surface area contributed by atoms with E-state index in [0.717, 1.165) is 32.7 Å². The van der Waals surface area contributed by atoms with E-state index in [9.17, 15) is 0 Å². The highest BCUT2D eigenvalue weighted by Gasteiger charge is 2.48. The molecule has 66 heavy (non-hydrogen) atoms. The number of hydrogen-bond donors (Lipinski definition) is 0. The van der Waals surface area contributed by atoms with Crippen LogP contribution in [0, 0.1) is 0 Å². The maximum atomic E-state index is 5.19. The van der Waals surface area contributed by atoms with E-state index in [4.69, 9.17) is 4.99 Å². The first kappa shape index (κ1) is 38.9. The molecule has 0 amide bonds. The first-order valence-corrected chi connectivity index (χ1v) is 25.2. The lowest BCUT2D eigenvalue weighted by atomic mass is 9.67. The summed E-state index contributed by atoms with van der Waals surface area (Å²) in [5, 5.41) is 4.63.